The van der Waals surface area contributed by atoms with Gasteiger partial charge in [0.05, 0.1) is 5.69 Å². The van der Waals surface area contributed by atoms with Crippen LogP contribution in [-0.2, 0) is 19.4 Å². The third kappa shape index (κ3) is 3.03. The van der Waals surface area contributed by atoms with Crippen molar-refractivity contribution in [3.63, 3.8) is 0 Å². The van der Waals surface area contributed by atoms with Gasteiger partial charge in [-0.25, -0.2) is 5.10 Å². The molecule has 2 N–H and O–H groups in total. The fourth-order valence-corrected chi connectivity index (χ4v) is 1.97. The summed E-state index contributed by atoms with van der Waals surface area (Å²) in [6, 6.07) is 4.01. The Bertz CT molecular complexity index is 482. The second-order valence-corrected chi connectivity index (χ2v) is 4.27. The number of hydrogen-bond donors (Lipinski definition) is 2. The maximum atomic E-state index is 4.02. The van der Waals surface area contributed by atoms with E-state index in [1.165, 1.54) is 5.92 Å². The Morgan fingerprint density at radius 2 is 2.00 bits per heavy atom. The Morgan fingerprint density at radius 3 is 2.68 bits per heavy atom. The number of nitrogens with zero attached hydrogens (tertiary/aromatic N) is 6. The second-order valence-electron chi connectivity index (χ2n) is 4.27. The highest BCUT2D eigenvalue weighted by molar-refractivity contribution is 5.09. The fourth-order valence-electron chi connectivity index (χ4n) is 1.97. The van der Waals surface area contributed by atoms with Crippen molar-refractivity contribution >= 4 is 0 Å². The summed E-state index contributed by atoms with van der Waals surface area (Å²) < 4.78 is 2.11. The monoisotopic (exact) mass is 257 g/mol. The molecule has 19 heavy (non-hydrogen) atoms. The number of rotatable bonds is 6. The Morgan fingerprint density at radius 1 is 1.11 bits per heavy atom. The van der Waals surface area contributed by atoms with Gasteiger partial charge in [-0.1, -0.05) is 5.21 Å². The molecule has 8 nitrogen and oxygen atoms in total. The molecule has 3 aromatic heterocycles. The fraction of sp³-hybridized carbons (Fsp3) is 0.273. The van der Waals surface area contributed by atoms with E-state index in [9.17, 15) is 0 Å². The molecule has 0 bridgehead atoms. The van der Waals surface area contributed by atoms with E-state index < -0.39 is 0 Å². The minimum atomic E-state index is 0.692. The maximum absolute atomic E-state index is 4.02. The van der Waals surface area contributed by atoms with Gasteiger partial charge in [-0.2, -0.15) is 0 Å². The van der Waals surface area contributed by atoms with Gasteiger partial charge in [-0.15, -0.1) is 10.2 Å². The molecule has 3 rings (SSSR count). The van der Waals surface area contributed by atoms with Gasteiger partial charge in [0.2, 0.25) is 0 Å². The number of tetrazole rings is 1. The maximum Gasteiger partial charge on any atom is 0.149 e. The van der Waals surface area contributed by atoms with Gasteiger partial charge in [-0.05, 0) is 22.6 Å². The molecule has 0 amide bonds. The molecule has 0 aromatic carbocycles. The number of aromatic nitrogens is 8. The van der Waals surface area contributed by atoms with Gasteiger partial charge in [0.25, 0.3) is 0 Å². The van der Waals surface area contributed by atoms with Crippen LogP contribution in [0.1, 0.15) is 11.5 Å². The van der Waals surface area contributed by atoms with Crippen molar-refractivity contribution < 1.29 is 0 Å². The average Bonchev–Trinajstić information content (AvgIpc) is 3.10. The summed E-state index contributed by atoms with van der Waals surface area (Å²) in [6.45, 7) is 0.806. The normalized spacial score (nSPS) is 11.2. The summed E-state index contributed by atoms with van der Waals surface area (Å²) in [6.07, 6.45) is 7.30. The SMILES string of the molecule is c1ccn(C[C](Cc2c[nH]nn2)Cc2nnn[nH]2)c1. The molecule has 8 heteroatoms. The van der Waals surface area contributed by atoms with E-state index in [4.69, 9.17) is 0 Å². The molecule has 1 radical (unpaired) electrons. The first-order valence-electron chi connectivity index (χ1n) is 5.92. The molecule has 0 aliphatic heterocycles. The Balaban J connectivity index is 1.70. The molecule has 0 unspecified atom stereocenters. The zero-order valence-corrected chi connectivity index (χ0v) is 10.2. The highest BCUT2D eigenvalue weighted by Gasteiger charge is 2.15. The number of hydrogen-bond acceptors (Lipinski definition) is 5. The minimum absolute atomic E-state index is 0.692. The van der Waals surface area contributed by atoms with Gasteiger partial charge in [-0.3, -0.25) is 5.10 Å². The molecular formula is C11H13N8. The summed E-state index contributed by atoms with van der Waals surface area (Å²) in [5.41, 5.74) is 0.912. The van der Waals surface area contributed by atoms with Crippen LogP contribution in [-0.4, -0.2) is 40.6 Å². The number of nitrogens with one attached hydrogen (secondary N) is 2. The van der Waals surface area contributed by atoms with E-state index in [0.717, 1.165) is 24.5 Å². The largest absolute Gasteiger partial charge is 0.354 e. The smallest absolute Gasteiger partial charge is 0.149 e. The van der Waals surface area contributed by atoms with Gasteiger partial charge in [0.1, 0.15) is 5.82 Å². The third-order valence-corrected chi connectivity index (χ3v) is 2.78. The highest BCUT2D eigenvalue weighted by Crippen LogP contribution is 2.15. The van der Waals surface area contributed by atoms with Crippen molar-refractivity contribution in [1.82, 2.24) is 40.6 Å². The van der Waals surface area contributed by atoms with E-state index in [1.54, 1.807) is 6.20 Å². The van der Waals surface area contributed by atoms with E-state index in [2.05, 4.69) is 40.6 Å². The van der Waals surface area contributed by atoms with Crippen LogP contribution in [0.15, 0.2) is 30.7 Å². The van der Waals surface area contributed by atoms with Crippen molar-refractivity contribution in [3.8, 4) is 0 Å². The predicted molar refractivity (Wildman–Crippen MR) is 65.6 cm³/mol. The van der Waals surface area contributed by atoms with Crippen LogP contribution in [0.5, 0.6) is 0 Å². The van der Waals surface area contributed by atoms with Gasteiger partial charge >= 0.3 is 0 Å². The van der Waals surface area contributed by atoms with Crippen LogP contribution >= 0.6 is 0 Å². The lowest BCUT2D eigenvalue weighted by Gasteiger charge is -2.14. The quantitative estimate of drug-likeness (QED) is 0.656. The lowest BCUT2D eigenvalue weighted by molar-refractivity contribution is 0.634. The molecule has 0 spiro atoms. The van der Waals surface area contributed by atoms with Crippen molar-refractivity contribution in [1.29, 1.82) is 0 Å². The average molecular weight is 257 g/mol. The lowest BCUT2D eigenvalue weighted by Crippen LogP contribution is -2.14. The lowest BCUT2D eigenvalue weighted by atomic mass is 9.99. The zero-order valence-electron chi connectivity index (χ0n) is 10.2. The summed E-state index contributed by atoms with van der Waals surface area (Å²) in [4.78, 5) is 0. The summed E-state index contributed by atoms with van der Waals surface area (Å²) in [5.74, 6) is 2.01. The Labute approximate surface area is 109 Å². The van der Waals surface area contributed by atoms with Gasteiger partial charge in [0, 0.05) is 43.9 Å². The topological polar surface area (TPSA) is 101 Å². The van der Waals surface area contributed by atoms with Crippen LogP contribution in [0.2, 0.25) is 0 Å². The van der Waals surface area contributed by atoms with Crippen molar-refractivity contribution in [2.24, 2.45) is 0 Å². The molecule has 0 atom stereocenters. The summed E-state index contributed by atoms with van der Waals surface area (Å²) >= 11 is 0. The van der Waals surface area contributed by atoms with E-state index in [-0.39, 0.29) is 0 Å². The Kier molecular flexibility index (Phi) is 3.30. The molecule has 3 aromatic rings. The van der Waals surface area contributed by atoms with Gasteiger partial charge in [0.15, 0.2) is 0 Å². The predicted octanol–water partition coefficient (Wildman–Crippen LogP) is 0.179. The van der Waals surface area contributed by atoms with E-state index in [0.29, 0.717) is 6.42 Å². The zero-order chi connectivity index (χ0) is 12.9. The van der Waals surface area contributed by atoms with Gasteiger partial charge < -0.3 is 4.57 Å². The molecular weight excluding hydrogens is 244 g/mol. The molecule has 0 aliphatic rings. The first-order valence-corrected chi connectivity index (χ1v) is 5.92. The van der Waals surface area contributed by atoms with Crippen LogP contribution in [0.3, 0.4) is 0 Å². The Hall–Kier alpha value is -2.51. The highest BCUT2D eigenvalue weighted by atomic mass is 15.5. The number of H-pyrrole nitrogens is 2. The second kappa shape index (κ2) is 5.42. The first kappa shape index (κ1) is 11.6. The van der Waals surface area contributed by atoms with Crippen LogP contribution < -0.4 is 0 Å². The molecule has 0 saturated heterocycles. The van der Waals surface area contributed by atoms with Crippen molar-refractivity contribution in [3.05, 3.63) is 48.2 Å². The minimum Gasteiger partial charge on any atom is -0.354 e. The summed E-state index contributed by atoms with van der Waals surface area (Å²) in [5, 5.41) is 24.4. The summed E-state index contributed by atoms with van der Waals surface area (Å²) in [7, 11) is 0. The van der Waals surface area contributed by atoms with E-state index >= 15 is 0 Å². The standard InChI is InChI=1S/C11H13N8/c1-2-4-19(3-1)8-9(5-10-7-12-16-13-10)6-11-14-17-18-15-11/h1-4,7H,5-6,8H2,(H,12,13,16)(H,14,15,17,18). The van der Waals surface area contributed by atoms with Crippen LogP contribution in [0.25, 0.3) is 0 Å². The molecule has 0 fully saturated rings. The molecule has 3 heterocycles. The van der Waals surface area contributed by atoms with Crippen LogP contribution in [0, 0.1) is 5.92 Å². The third-order valence-electron chi connectivity index (χ3n) is 2.78. The molecule has 0 saturated carbocycles. The van der Waals surface area contributed by atoms with Crippen molar-refractivity contribution in [2.75, 3.05) is 0 Å². The van der Waals surface area contributed by atoms with Crippen molar-refractivity contribution in [2.45, 2.75) is 19.4 Å². The molecule has 0 aliphatic carbocycles. The van der Waals surface area contributed by atoms with Crippen LogP contribution in [0.4, 0.5) is 0 Å². The first-order chi connectivity index (χ1) is 9.40. The van der Waals surface area contributed by atoms with E-state index in [1.807, 2.05) is 24.5 Å². The number of aromatic amines is 2. The molecule has 97 valence electrons.